The molecule has 3 rings (SSSR count). The Morgan fingerprint density at radius 1 is 1.00 bits per heavy atom. The van der Waals surface area contributed by atoms with Gasteiger partial charge in [-0.1, -0.05) is 24.3 Å². The monoisotopic (exact) mass is 392 g/mol. The number of benzene rings is 2. The third-order valence-electron chi connectivity index (χ3n) is 4.45. The highest BCUT2D eigenvalue weighted by Crippen LogP contribution is 2.27. The van der Waals surface area contributed by atoms with Gasteiger partial charge in [0, 0.05) is 25.3 Å². The maximum absolute atomic E-state index is 12.7. The Hall–Kier alpha value is -3.61. The molecule has 0 bridgehead atoms. The van der Waals surface area contributed by atoms with Crippen molar-refractivity contribution >= 4 is 17.4 Å². The minimum Gasteiger partial charge on any atom is -0.493 e. The van der Waals surface area contributed by atoms with Gasteiger partial charge < -0.3 is 19.7 Å². The predicted octanol–water partition coefficient (Wildman–Crippen LogP) is 3.50. The molecule has 1 amide bonds. The van der Waals surface area contributed by atoms with Gasteiger partial charge in [-0.15, -0.1) is 0 Å². The Morgan fingerprint density at radius 2 is 1.72 bits per heavy atom. The third kappa shape index (κ3) is 4.82. The number of para-hydroxylation sites is 1. The number of carbonyl (C=O) groups is 1. The van der Waals surface area contributed by atoms with Crippen LogP contribution in [0.25, 0.3) is 0 Å². The van der Waals surface area contributed by atoms with Gasteiger partial charge in [0.15, 0.2) is 11.5 Å². The topological polar surface area (TPSA) is 76.6 Å². The van der Waals surface area contributed by atoms with Crippen LogP contribution in [0.4, 0.5) is 11.5 Å². The summed E-state index contributed by atoms with van der Waals surface area (Å²) in [4.78, 5) is 23.3. The second-order valence-corrected chi connectivity index (χ2v) is 6.43. The van der Waals surface area contributed by atoms with E-state index in [1.54, 1.807) is 27.2 Å². The zero-order valence-corrected chi connectivity index (χ0v) is 17.0. The number of aryl methyl sites for hydroxylation is 1. The number of amides is 1. The molecule has 7 nitrogen and oxygen atoms in total. The molecule has 1 heterocycles. The predicted molar refractivity (Wildman–Crippen MR) is 112 cm³/mol. The van der Waals surface area contributed by atoms with Crippen molar-refractivity contribution in [2.24, 2.45) is 0 Å². The zero-order chi connectivity index (χ0) is 20.8. The lowest BCUT2D eigenvalue weighted by Gasteiger charge is -2.19. The molecule has 1 N–H and O–H groups in total. The number of nitrogens with one attached hydrogen (secondary N) is 1. The number of carbonyl (C=O) groups excluding carboxylic acids is 1. The van der Waals surface area contributed by atoms with E-state index >= 15 is 0 Å². The van der Waals surface area contributed by atoms with E-state index in [0.29, 0.717) is 35.4 Å². The molecule has 0 spiro atoms. The van der Waals surface area contributed by atoms with Crippen LogP contribution in [0, 0.1) is 6.92 Å². The molecule has 0 aliphatic rings. The fourth-order valence-corrected chi connectivity index (χ4v) is 2.89. The first-order valence-corrected chi connectivity index (χ1v) is 9.15. The van der Waals surface area contributed by atoms with Gasteiger partial charge in [0.1, 0.15) is 17.3 Å². The minimum absolute atomic E-state index is 0.270. The molecule has 29 heavy (non-hydrogen) atoms. The maximum atomic E-state index is 12.7. The summed E-state index contributed by atoms with van der Waals surface area (Å²) in [5, 5.41) is 2.89. The Balaban J connectivity index is 1.75. The van der Waals surface area contributed by atoms with Crippen molar-refractivity contribution in [1.29, 1.82) is 0 Å². The fourth-order valence-electron chi connectivity index (χ4n) is 2.89. The summed E-state index contributed by atoms with van der Waals surface area (Å²) >= 11 is 0. The summed E-state index contributed by atoms with van der Waals surface area (Å²) in [7, 11) is 5.07. The lowest BCUT2D eigenvalue weighted by molar-refractivity contribution is 0.0945. The summed E-state index contributed by atoms with van der Waals surface area (Å²) in [6.45, 7) is 2.11. The SMILES string of the molecule is COc1ccc(CNC(=O)c2cc(N(C)c3ccccc3)nc(C)n2)cc1OC. The molecular weight excluding hydrogens is 368 g/mol. The van der Waals surface area contributed by atoms with Crippen LogP contribution >= 0.6 is 0 Å². The molecular formula is C22H24N4O3. The molecule has 0 atom stereocenters. The molecule has 1 aromatic heterocycles. The van der Waals surface area contributed by atoms with E-state index in [9.17, 15) is 4.79 Å². The number of anilines is 2. The van der Waals surface area contributed by atoms with Crippen molar-refractivity contribution in [1.82, 2.24) is 15.3 Å². The molecule has 0 aliphatic carbocycles. The molecule has 2 aromatic carbocycles. The van der Waals surface area contributed by atoms with E-state index in [-0.39, 0.29) is 5.91 Å². The standard InChI is InChI=1S/C22H24N4O3/c1-15-24-18(13-21(25-15)26(2)17-8-6-5-7-9-17)22(27)23-14-16-10-11-19(28-3)20(12-16)29-4/h5-13H,14H2,1-4H3,(H,23,27). The highest BCUT2D eigenvalue weighted by atomic mass is 16.5. The Labute approximate surface area is 170 Å². The second kappa shape index (κ2) is 9.05. The first-order valence-electron chi connectivity index (χ1n) is 9.15. The highest BCUT2D eigenvalue weighted by molar-refractivity contribution is 5.93. The molecule has 0 aliphatic heterocycles. The number of rotatable bonds is 7. The van der Waals surface area contributed by atoms with Gasteiger partial charge in [-0.3, -0.25) is 4.79 Å². The quantitative estimate of drug-likeness (QED) is 0.663. The van der Waals surface area contributed by atoms with Gasteiger partial charge in [-0.25, -0.2) is 9.97 Å². The summed E-state index contributed by atoms with van der Waals surface area (Å²) in [5.74, 6) is 2.17. The van der Waals surface area contributed by atoms with Gasteiger partial charge in [0.05, 0.1) is 14.2 Å². The average Bonchev–Trinajstić information content (AvgIpc) is 2.76. The Morgan fingerprint density at radius 3 is 2.41 bits per heavy atom. The molecule has 0 radical (unpaired) electrons. The molecule has 3 aromatic rings. The second-order valence-electron chi connectivity index (χ2n) is 6.43. The lowest BCUT2D eigenvalue weighted by atomic mass is 10.2. The first-order chi connectivity index (χ1) is 14.0. The van der Waals surface area contributed by atoms with Crippen LogP contribution in [0.15, 0.2) is 54.6 Å². The number of hydrogen-bond donors (Lipinski definition) is 1. The molecule has 0 saturated heterocycles. The highest BCUT2D eigenvalue weighted by Gasteiger charge is 2.14. The number of methoxy groups -OCH3 is 2. The largest absolute Gasteiger partial charge is 0.493 e. The summed E-state index contributed by atoms with van der Waals surface area (Å²) in [6, 6.07) is 17.0. The van der Waals surface area contributed by atoms with E-state index in [1.807, 2.05) is 60.5 Å². The molecule has 0 saturated carbocycles. The van der Waals surface area contributed by atoms with E-state index in [0.717, 1.165) is 11.3 Å². The van der Waals surface area contributed by atoms with Crippen LogP contribution in [-0.2, 0) is 6.54 Å². The van der Waals surface area contributed by atoms with Crippen molar-refractivity contribution in [3.8, 4) is 11.5 Å². The fraction of sp³-hybridized carbons (Fsp3) is 0.227. The maximum Gasteiger partial charge on any atom is 0.270 e. The molecule has 0 fully saturated rings. The zero-order valence-electron chi connectivity index (χ0n) is 17.0. The van der Waals surface area contributed by atoms with Crippen LogP contribution in [-0.4, -0.2) is 37.1 Å². The first kappa shape index (κ1) is 20.1. The van der Waals surface area contributed by atoms with Crippen molar-refractivity contribution < 1.29 is 14.3 Å². The van der Waals surface area contributed by atoms with Crippen LogP contribution in [0.2, 0.25) is 0 Å². The third-order valence-corrected chi connectivity index (χ3v) is 4.45. The van der Waals surface area contributed by atoms with E-state index < -0.39 is 0 Å². The van der Waals surface area contributed by atoms with E-state index in [4.69, 9.17) is 9.47 Å². The van der Waals surface area contributed by atoms with Crippen LogP contribution in [0.3, 0.4) is 0 Å². The van der Waals surface area contributed by atoms with Gasteiger partial charge in [0.2, 0.25) is 0 Å². The summed E-state index contributed by atoms with van der Waals surface area (Å²) < 4.78 is 10.5. The van der Waals surface area contributed by atoms with Gasteiger partial charge >= 0.3 is 0 Å². The van der Waals surface area contributed by atoms with Crippen LogP contribution < -0.4 is 19.7 Å². The van der Waals surface area contributed by atoms with Crippen LogP contribution in [0.5, 0.6) is 11.5 Å². The van der Waals surface area contributed by atoms with Crippen molar-refractivity contribution in [3.63, 3.8) is 0 Å². The molecule has 7 heteroatoms. The molecule has 150 valence electrons. The van der Waals surface area contributed by atoms with Crippen molar-refractivity contribution in [3.05, 3.63) is 71.7 Å². The smallest absolute Gasteiger partial charge is 0.270 e. The Kier molecular flexibility index (Phi) is 6.29. The normalized spacial score (nSPS) is 10.3. The van der Waals surface area contributed by atoms with Crippen molar-refractivity contribution in [2.45, 2.75) is 13.5 Å². The van der Waals surface area contributed by atoms with Gasteiger partial charge in [-0.2, -0.15) is 0 Å². The number of ether oxygens (including phenoxy) is 2. The average molecular weight is 392 g/mol. The van der Waals surface area contributed by atoms with E-state index in [1.165, 1.54) is 0 Å². The number of nitrogens with zero attached hydrogens (tertiary/aromatic N) is 3. The number of aromatic nitrogens is 2. The molecule has 0 unspecified atom stereocenters. The minimum atomic E-state index is -0.270. The van der Waals surface area contributed by atoms with Gasteiger partial charge in [0.25, 0.3) is 5.91 Å². The Bertz CT molecular complexity index is 993. The lowest BCUT2D eigenvalue weighted by Crippen LogP contribution is -2.25. The van der Waals surface area contributed by atoms with Crippen molar-refractivity contribution in [2.75, 3.05) is 26.2 Å². The summed E-state index contributed by atoms with van der Waals surface area (Å²) in [6.07, 6.45) is 0. The van der Waals surface area contributed by atoms with Gasteiger partial charge in [-0.05, 0) is 36.8 Å². The summed E-state index contributed by atoms with van der Waals surface area (Å²) in [5.41, 5.74) is 2.18. The number of hydrogen-bond acceptors (Lipinski definition) is 6. The van der Waals surface area contributed by atoms with E-state index in [2.05, 4.69) is 15.3 Å². The van der Waals surface area contributed by atoms with Crippen LogP contribution in [0.1, 0.15) is 21.9 Å².